The van der Waals surface area contributed by atoms with Gasteiger partial charge in [0.25, 0.3) is 0 Å². The highest BCUT2D eigenvalue weighted by atomic mass is 32.2. The van der Waals surface area contributed by atoms with Gasteiger partial charge in [0.1, 0.15) is 11.6 Å². The Bertz CT molecular complexity index is 996. The van der Waals surface area contributed by atoms with Crippen molar-refractivity contribution in [3.05, 3.63) is 77.2 Å². The summed E-state index contributed by atoms with van der Waals surface area (Å²) in [5, 5.41) is -0.286. The van der Waals surface area contributed by atoms with Crippen molar-refractivity contribution in [3.63, 3.8) is 0 Å². The van der Waals surface area contributed by atoms with Gasteiger partial charge < -0.3 is 4.74 Å². The summed E-state index contributed by atoms with van der Waals surface area (Å²) < 4.78 is 84.0. The van der Waals surface area contributed by atoms with E-state index in [1.165, 1.54) is 18.2 Å². The van der Waals surface area contributed by atoms with Crippen molar-refractivity contribution in [1.82, 2.24) is 9.97 Å². The minimum atomic E-state index is -4.76. The van der Waals surface area contributed by atoms with Gasteiger partial charge in [0, 0.05) is 17.9 Å². The molecule has 0 fully saturated rings. The number of ether oxygens (including phenoxy) is 1. The summed E-state index contributed by atoms with van der Waals surface area (Å²) in [6, 6.07) is 8.55. The van der Waals surface area contributed by atoms with Gasteiger partial charge in [0.15, 0.2) is 22.5 Å². The first-order valence-corrected chi connectivity index (χ1v) is 8.66. The number of alkyl halides is 3. The summed E-state index contributed by atoms with van der Waals surface area (Å²) in [5.41, 5.74) is -0.917. The van der Waals surface area contributed by atoms with Crippen LogP contribution >= 0.6 is 11.8 Å². The summed E-state index contributed by atoms with van der Waals surface area (Å²) in [7, 11) is 0. The van der Waals surface area contributed by atoms with Gasteiger partial charge in [0.05, 0.1) is 0 Å². The molecule has 0 saturated heterocycles. The smallest absolute Gasteiger partial charge is 0.433 e. The van der Waals surface area contributed by atoms with Gasteiger partial charge in [0.2, 0.25) is 5.88 Å². The van der Waals surface area contributed by atoms with Crippen molar-refractivity contribution in [3.8, 4) is 11.6 Å². The second-order valence-corrected chi connectivity index (χ2v) is 6.41. The largest absolute Gasteiger partial charge is 0.439 e. The van der Waals surface area contributed by atoms with Crippen LogP contribution in [0.3, 0.4) is 0 Å². The van der Waals surface area contributed by atoms with E-state index in [1.54, 1.807) is 0 Å². The Morgan fingerprint density at radius 2 is 1.68 bits per heavy atom. The molecule has 0 aliphatic rings. The van der Waals surface area contributed by atoms with Gasteiger partial charge in [-0.05, 0) is 29.8 Å². The number of thioether (sulfide) groups is 1. The predicted octanol–water partition coefficient (Wildman–Crippen LogP) is 6.00. The molecule has 10 heteroatoms. The molecule has 2 aromatic carbocycles. The SMILES string of the molecule is Fc1cccc(Oc2cc(C(F)(F)F)nc(SCc3ccc(F)c(F)c3)n2)c1. The maximum atomic E-state index is 13.2. The molecule has 0 amide bonds. The van der Waals surface area contributed by atoms with Crippen molar-refractivity contribution in [2.75, 3.05) is 0 Å². The van der Waals surface area contributed by atoms with Gasteiger partial charge in [-0.1, -0.05) is 23.9 Å². The molecule has 0 radical (unpaired) electrons. The molecule has 0 atom stereocenters. The van der Waals surface area contributed by atoms with Gasteiger partial charge in [-0.25, -0.2) is 18.2 Å². The zero-order valence-corrected chi connectivity index (χ0v) is 14.6. The third-order valence-electron chi connectivity index (χ3n) is 3.34. The van der Waals surface area contributed by atoms with E-state index in [1.807, 2.05) is 0 Å². The fourth-order valence-corrected chi connectivity index (χ4v) is 2.89. The van der Waals surface area contributed by atoms with Crippen LogP contribution in [0.4, 0.5) is 26.3 Å². The van der Waals surface area contributed by atoms with E-state index < -0.39 is 35.2 Å². The van der Waals surface area contributed by atoms with Crippen molar-refractivity contribution in [2.45, 2.75) is 17.1 Å². The highest BCUT2D eigenvalue weighted by Crippen LogP contribution is 2.33. The molecule has 0 spiro atoms. The van der Waals surface area contributed by atoms with E-state index in [-0.39, 0.29) is 16.7 Å². The van der Waals surface area contributed by atoms with Crippen LogP contribution in [0.1, 0.15) is 11.3 Å². The maximum Gasteiger partial charge on any atom is 0.433 e. The molecule has 0 unspecified atom stereocenters. The van der Waals surface area contributed by atoms with Crippen LogP contribution in [-0.2, 0) is 11.9 Å². The molecule has 0 N–H and O–H groups in total. The molecule has 3 nitrogen and oxygen atoms in total. The third-order valence-corrected chi connectivity index (χ3v) is 4.26. The average Bonchev–Trinajstić information content (AvgIpc) is 2.62. The summed E-state index contributed by atoms with van der Waals surface area (Å²) in [6.45, 7) is 0. The summed E-state index contributed by atoms with van der Waals surface area (Å²) in [5.74, 6) is -3.20. The van der Waals surface area contributed by atoms with Crippen LogP contribution in [-0.4, -0.2) is 9.97 Å². The molecule has 0 aliphatic carbocycles. The predicted molar refractivity (Wildman–Crippen MR) is 89.4 cm³/mol. The second-order valence-electron chi connectivity index (χ2n) is 5.47. The summed E-state index contributed by atoms with van der Waals surface area (Å²) >= 11 is 0.781. The fourth-order valence-electron chi connectivity index (χ4n) is 2.09. The van der Waals surface area contributed by atoms with Crippen LogP contribution in [0.15, 0.2) is 53.7 Å². The van der Waals surface area contributed by atoms with E-state index in [9.17, 15) is 26.3 Å². The van der Waals surface area contributed by atoms with Crippen LogP contribution in [0.25, 0.3) is 0 Å². The van der Waals surface area contributed by atoms with Crippen molar-refractivity contribution in [1.29, 1.82) is 0 Å². The monoisotopic (exact) mass is 416 g/mol. The van der Waals surface area contributed by atoms with E-state index in [4.69, 9.17) is 4.74 Å². The molecular weight excluding hydrogens is 406 g/mol. The van der Waals surface area contributed by atoms with E-state index in [0.717, 1.165) is 36.0 Å². The normalized spacial score (nSPS) is 11.5. The first kappa shape index (κ1) is 20.0. The Morgan fingerprint density at radius 3 is 2.36 bits per heavy atom. The molecule has 0 aliphatic heterocycles. The average molecular weight is 416 g/mol. The fraction of sp³-hybridized carbons (Fsp3) is 0.111. The quantitative estimate of drug-likeness (QED) is 0.290. The van der Waals surface area contributed by atoms with Gasteiger partial charge in [-0.2, -0.15) is 18.2 Å². The lowest BCUT2D eigenvalue weighted by atomic mass is 10.2. The molecule has 0 bridgehead atoms. The van der Waals surface area contributed by atoms with Crippen molar-refractivity contribution in [2.24, 2.45) is 0 Å². The molecule has 3 rings (SSSR count). The first-order valence-electron chi connectivity index (χ1n) is 7.67. The Morgan fingerprint density at radius 1 is 0.893 bits per heavy atom. The molecule has 1 heterocycles. The van der Waals surface area contributed by atoms with Gasteiger partial charge in [-0.3, -0.25) is 0 Å². The lowest BCUT2D eigenvalue weighted by molar-refractivity contribution is -0.141. The summed E-state index contributed by atoms with van der Waals surface area (Å²) in [6.07, 6.45) is -4.76. The molecule has 0 saturated carbocycles. The number of nitrogens with zero attached hydrogens (tertiary/aromatic N) is 2. The van der Waals surface area contributed by atoms with Gasteiger partial charge >= 0.3 is 6.18 Å². The van der Waals surface area contributed by atoms with Crippen molar-refractivity contribution < 1.29 is 31.1 Å². The van der Waals surface area contributed by atoms with Crippen LogP contribution in [0.2, 0.25) is 0 Å². The second kappa shape index (κ2) is 8.09. The topological polar surface area (TPSA) is 35.0 Å². The molecule has 1 aromatic heterocycles. The van der Waals surface area contributed by atoms with Crippen LogP contribution in [0.5, 0.6) is 11.6 Å². The number of hydrogen-bond acceptors (Lipinski definition) is 4. The van der Waals surface area contributed by atoms with E-state index in [2.05, 4.69) is 9.97 Å². The number of benzene rings is 2. The molecule has 28 heavy (non-hydrogen) atoms. The molecular formula is C18H10F6N2OS. The number of halogens is 6. The van der Waals surface area contributed by atoms with Crippen LogP contribution < -0.4 is 4.74 Å². The zero-order chi connectivity index (χ0) is 20.3. The highest BCUT2D eigenvalue weighted by Gasteiger charge is 2.34. The van der Waals surface area contributed by atoms with Crippen LogP contribution in [0, 0.1) is 17.5 Å². The Labute approximate surface area is 159 Å². The first-order chi connectivity index (χ1) is 13.2. The van der Waals surface area contributed by atoms with E-state index in [0.29, 0.717) is 11.6 Å². The molecule has 3 aromatic rings. The highest BCUT2D eigenvalue weighted by molar-refractivity contribution is 7.98. The standard InChI is InChI=1S/C18H10F6N2OS/c19-11-2-1-3-12(7-11)27-16-8-15(18(22,23)24)25-17(26-16)28-9-10-4-5-13(20)14(21)6-10/h1-8H,9H2. The minimum absolute atomic E-state index is 0.00207. The summed E-state index contributed by atoms with van der Waals surface area (Å²) in [4.78, 5) is 7.29. The lowest BCUT2D eigenvalue weighted by Gasteiger charge is -2.11. The van der Waals surface area contributed by atoms with E-state index >= 15 is 0 Å². The van der Waals surface area contributed by atoms with Gasteiger partial charge in [-0.15, -0.1) is 0 Å². The Balaban J connectivity index is 1.85. The number of rotatable bonds is 5. The Kier molecular flexibility index (Phi) is 5.78. The zero-order valence-electron chi connectivity index (χ0n) is 13.8. The lowest BCUT2D eigenvalue weighted by Crippen LogP contribution is -2.10. The maximum absolute atomic E-state index is 13.2. The number of aromatic nitrogens is 2. The third kappa shape index (κ3) is 5.16. The minimum Gasteiger partial charge on any atom is -0.439 e. The Hall–Kier alpha value is -2.75. The van der Waals surface area contributed by atoms with Crippen molar-refractivity contribution >= 4 is 11.8 Å². The molecule has 146 valence electrons. The number of hydrogen-bond donors (Lipinski definition) is 0.